The summed E-state index contributed by atoms with van der Waals surface area (Å²) in [4.78, 5) is 33.4. The number of rotatable bonds is 4. The number of likely N-dealkylation sites (tertiary alicyclic amines) is 1. The lowest BCUT2D eigenvalue weighted by atomic mass is 10.1. The van der Waals surface area contributed by atoms with Crippen LogP contribution in [0.4, 0.5) is 10.8 Å². The summed E-state index contributed by atoms with van der Waals surface area (Å²) in [5, 5.41) is 4.05. The molecule has 138 valence electrons. The number of thiazole rings is 1. The van der Waals surface area contributed by atoms with Gasteiger partial charge in [0.2, 0.25) is 11.8 Å². The Morgan fingerprint density at radius 2 is 2.08 bits per heavy atom. The monoisotopic (exact) mass is 372 g/mol. The highest BCUT2D eigenvalue weighted by molar-refractivity contribution is 7.22. The van der Waals surface area contributed by atoms with Crippen molar-refractivity contribution < 1.29 is 9.59 Å². The number of hydrogen-bond donors (Lipinski definition) is 1. The molecule has 2 aliphatic heterocycles. The van der Waals surface area contributed by atoms with Crippen LogP contribution in [-0.2, 0) is 9.59 Å². The second-order valence-electron chi connectivity index (χ2n) is 7.40. The molecule has 1 aromatic carbocycles. The van der Waals surface area contributed by atoms with Crippen LogP contribution in [0.1, 0.15) is 33.1 Å². The van der Waals surface area contributed by atoms with E-state index < -0.39 is 0 Å². The zero-order chi connectivity index (χ0) is 18.3. The van der Waals surface area contributed by atoms with E-state index in [4.69, 9.17) is 4.98 Å². The maximum Gasteiger partial charge on any atom is 0.229 e. The zero-order valence-electron chi connectivity index (χ0n) is 15.2. The zero-order valence-corrected chi connectivity index (χ0v) is 16.0. The molecule has 2 aliphatic rings. The second kappa shape index (κ2) is 6.87. The third-order valence-corrected chi connectivity index (χ3v) is 6.25. The molecule has 2 saturated heterocycles. The Hall–Kier alpha value is -2.15. The minimum atomic E-state index is -0.276. The van der Waals surface area contributed by atoms with Crippen molar-refractivity contribution in [1.82, 2.24) is 9.88 Å². The number of nitrogens with one attached hydrogen (secondary N) is 1. The number of carbonyl (C=O) groups excluding carboxylic acids is 2. The molecule has 2 aromatic rings. The van der Waals surface area contributed by atoms with Crippen LogP contribution in [0.2, 0.25) is 0 Å². The first-order valence-corrected chi connectivity index (χ1v) is 10.1. The van der Waals surface area contributed by atoms with Crippen molar-refractivity contribution in [3.05, 3.63) is 18.2 Å². The fourth-order valence-electron chi connectivity index (χ4n) is 3.68. The van der Waals surface area contributed by atoms with Gasteiger partial charge in [-0.25, -0.2) is 4.98 Å². The van der Waals surface area contributed by atoms with Crippen LogP contribution in [-0.4, -0.2) is 47.4 Å². The van der Waals surface area contributed by atoms with E-state index >= 15 is 0 Å². The molecule has 0 bridgehead atoms. The van der Waals surface area contributed by atoms with E-state index in [9.17, 15) is 9.59 Å². The highest BCUT2D eigenvalue weighted by Crippen LogP contribution is 2.32. The molecule has 1 aromatic heterocycles. The molecule has 0 saturated carbocycles. The second-order valence-corrected chi connectivity index (χ2v) is 8.41. The van der Waals surface area contributed by atoms with Crippen LogP contribution in [0, 0.1) is 5.92 Å². The minimum Gasteiger partial charge on any atom is -0.348 e. The van der Waals surface area contributed by atoms with Gasteiger partial charge in [-0.3, -0.25) is 9.59 Å². The summed E-state index contributed by atoms with van der Waals surface area (Å²) in [6.45, 7) is 6.61. The molecule has 0 radical (unpaired) electrons. The standard InChI is InChI=1S/C19H24N4O2S/c1-12(2)23-11-13(9-17(23)24)18(25)20-14-5-6-15-16(10-14)26-19(21-15)22-7-3-4-8-22/h5-6,10,12-13H,3-4,7-9,11H2,1-2H3,(H,20,25)/t13-/m0/s1. The lowest BCUT2D eigenvalue weighted by Crippen LogP contribution is -2.33. The summed E-state index contributed by atoms with van der Waals surface area (Å²) in [5.41, 5.74) is 1.74. The van der Waals surface area contributed by atoms with Gasteiger partial charge in [0.05, 0.1) is 16.1 Å². The van der Waals surface area contributed by atoms with Crippen molar-refractivity contribution in [3.8, 4) is 0 Å². The van der Waals surface area contributed by atoms with Gasteiger partial charge in [-0.1, -0.05) is 11.3 Å². The van der Waals surface area contributed by atoms with E-state index in [1.165, 1.54) is 12.8 Å². The van der Waals surface area contributed by atoms with E-state index in [2.05, 4.69) is 10.2 Å². The van der Waals surface area contributed by atoms with Gasteiger partial charge in [0.1, 0.15) is 0 Å². The Labute approximate surface area is 157 Å². The van der Waals surface area contributed by atoms with Crippen LogP contribution in [0.3, 0.4) is 0 Å². The summed E-state index contributed by atoms with van der Waals surface area (Å²) < 4.78 is 1.08. The van der Waals surface area contributed by atoms with Crippen molar-refractivity contribution in [2.24, 2.45) is 5.92 Å². The molecule has 0 aliphatic carbocycles. The Morgan fingerprint density at radius 3 is 2.77 bits per heavy atom. The summed E-state index contributed by atoms with van der Waals surface area (Å²) in [7, 11) is 0. The maximum absolute atomic E-state index is 12.6. The van der Waals surface area contributed by atoms with Gasteiger partial charge in [0, 0.05) is 37.8 Å². The summed E-state index contributed by atoms with van der Waals surface area (Å²) in [6.07, 6.45) is 2.75. The first kappa shape index (κ1) is 17.3. The minimum absolute atomic E-state index is 0.0633. The number of amides is 2. The number of hydrogen-bond acceptors (Lipinski definition) is 5. The summed E-state index contributed by atoms with van der Waals surface area (Å²) in [6, 6.07) is 5.98. The molecule has 26 heavy (non-hydrogen) atoms. The normalized spacial score (nSPS) is 20.6. The quantitative estimate of drug-likeness (QED) is 0.896. The molecule has 6 nitrogen and oxygen atoms in total. The molecular formula is C19H24N4O2S. The Morgan fingerprint density at radius 1 is 1.31 bits per heavy atom. The van der Waals surface area contributed by atoms with Gasteiger partial charge in [-0.2, -0.15) is 0 Å². The summed E-state index contributed by atoms with van der Waals surface area (Å²) in [5.74, 6) is -0.291. The number of benzene rings is 1. The van der Waals surface area contributed by atoms with Gasteiger partial charge in [-0.05, 0) is 44.9 Å². The van der Waals surface area contributed by atoms with Crippen LogP contribution >= 0.6 is 11.3 Å². The first-order chi connectivity index (χ1) is 12.5. The number of nitrogens with zero attached hydrogens (tertiary/aromatic N) is 3. The molecule has 2 fully saturated rings. The first-order valence-electron chi connectivity index (χ1n) is 9.27. The van der Waals surface area contributed by atoms with Crippen LogP contribution in [0.25, 0.3) is 10.2 Å². The maximum atomic E-state index is 12.6. The van der Waals surface area contributed by atoms with Crippen molar-refractivity contribution in [2.75, 3.05) is 29.9 Å². The Kier molecular flexibility index (Phi) is 4.56. The smallest absolute Gasteiger partial charge is 0.229 e. The van der Waals surface area contributed by atoms with Gasteiger partial charge in [0.15, 0.2) is 5.13 Å². The van der Waals surface area contributed by atoms with Crippen molar-refractivity contribution in [2.45, 2.75) is 39.2 Å². The largest absolute Gasteiger partial charge is 0.348 e. The molecule has 3 heterocycles. The van der Waals surface area contributed by atoms with Crippen LogP contribution in [0.5, 0.6) is 0 Å². The van der Waals surface area contributed by atoms with Crippen molar-refractivity contribution >= 4 is 44.2 Å². The predicted molar refractivity (Wildman–Crippen MR) is 105 cm³/mol. The Bertz CT molecular complexity index is 841. The van der Waals surface area contributed by atoms with Crippen LogP contribution in [0.15, 0.2) is 18.2 Å². The molecular weight excluding hydrogens is 348 g/mol. The van der Waals surface area contributed by atoms with Crippen molar-refractivity contribution in [1.29, 1.82) is 0 Å². The fraction of sp³-hybridized carbons (Fsp3) is 0.526. The molecule has 2 amide bonds. The molecule has 7 heteroatoms. The highest BCUT2D eigenvalue weighted by atomic mass is 32.1. The number of anilines is 2. The average molecular weight is 372 g/mol. The fourth-order valence-corrected chi connectivity index (χ4v) is 4.74. The van der Waals surface area contributed by atoms with Gasteiger partial charge in [0.25, 0.3) is 0 Å². The lowest BCUT2D eigenvalue weighted by molar-refractivity contribution is -0.129. The van der Waals surface area contributed by atoms with E-state index in [0.29, 0.717) is 13.0 Å². The third kappa shape index (κ3) is 3.28. The van der Waals surface area contributed by atoms with E-state index in [1.54, 1.807) is 16.2 Å². The number of carbonyl (C=O) groups is 2. The third-order valence-electron chi connectivity index (χ3n) is 5.17. The highest BCUT2D eigenvalue weighted by Gasteiger charge is 2.35. The van der Waals surface area contributed by atoms with Crippen LogP contribution < -0.4 is 10.2 Å². The lowest BCUT2D eigenvalue weighted by Gasteiger charge is -2.20. The number of aromatic nitrogens is 1. The molecule has 1 atom stereocenters. The van der Waals surface area contributed by atoms with Gasteiger partial charge >= 0.3 is 0 Å². The van der Waals surface area contributed by atoms with Gasteiger partial charge < -0.3 is 15.1 Å². The Balaban J connectivity index is 1.47. The molecule has 0 spiro atoms. The molecule has 0 unspecified atom stereocenters. The van der Waals surface area contributed by atoms with E-state index in [-0.39, 0.29) is 23.8 Å². The van der Waals surface area contributed by atoms with E-state index in [1.807, 2.05) is 32.0 Å². The van der Waals surface area contributed by atoms with E-state index in [0.717, 1.165) is 34.1 Å². The summed E-state index contributed by atoms with van der Waals surface area (Å²) >= 11 is 1.67. The number of fused-ring (bicyclic) bond motifs is 1. The van der Waals surface area contributed by atoms with Gasteiger partial charge in [-0.15, -0.1) is 0 Å². The molecule has 4 rings (SSSR count). The SMILES string of the molecule is CC(C)N1C[C@@H](C(=O)Nc2ccc3nc(N4CCCC4)sc3c2)CC1=O. The average Bonchev–Trinajstić information content (AvgIpc) is 3.32. The topological polar surface area (TPSA) is 65.5 Å². The molecule has 1 N–H and O–H groups in total. The predicted octanol–water partition coefficient (Wildman–Crippen LogP) is 3.09. The van der Waals surface area contributed by atoms with Crippen molar-refractivity contribution in [3.63, 3.8) is 0 Å².